The second-order valence-corrected chi connectivity index (χ2v) is 5.24. The van der Waals surface area contributed by atoms with Crippen molar-refractivity contribution < 1.29 is 9.53 Å². The molecule has 0 aromatic carbocycles. The van der Waals surface area contributed by atoms with Crippen LogP contribution in [0.5, 0.6) is 0 Å². The third kappa shape index (κ3) is 4.11. The van der Waals surface area contributed by atoms with Gasteiger partial charge in [0.1, 0.15) is 6.61 Å². The summed E-state index contributed by atoms with van der Waals surface area (Å²) < 4.78 is 5.43. The highest BCUT2D eigenvalue weighted by molar-refractivity contribution is 5.85. The van der Waals surface area contributed by atoms with Gasteiger partial charge in [-0.25, -0.2) is 0 Å². The van der Waals surface area contributed by atoms with Gasteiger partial charge in [-0.1, -0.05) is 19.8 Å². The van der Waals surface area contributed by atoms with Crippen LogP contribution in [0.3, 0.4) is 0 Å². The van der Waals surface area contributed by atoms with Crippen LogP contribution < -0.4 is 5.32 Å². The average Bonchev–Trinajstić information content (AvgIpc) is 2.88. The van der Waals surface area contributed by atoms with Crippen LogP contribution >= 0.6 is 12.4 Å². The molecule has 0 aliphatic carbocycles. The van der Waals surface area contributed by atoms with Crippen molar-refractivity contribution in [3.63, 3.8) is 0 Å². The first-order valence-electron chi connectivity index (χ1n) is 6.87. The Morgan fingerprint density at radius 3 is 2.56 bits per heavy atom. The third-order valence-corrected chi connectivity index (χ3v) is 3.86. The summed E-state index contributed by atoms with van der Waals surface area (Å²) in [6, 6.07) is 0. The molecule has 2 rings (SSSR count). The summed E-state index contributed by atoms with van der Waals surface area (Å²) >= 11 is 0. The number of hydrogen-bond acceptors (Lipinski definition) is 3. The number of rotatable bonds is 6. The van der Waals surface area contributed by atoms with Crippen LogP contribution in [-0.4, -0.2) is 50.2 Å². The number of nitrogens with one attached hydrogen (secondary N) is 1. The number of ether oxygens (including phenoxy) is 1. The van der Waals surface area contributed by atoms with Crippen LogP contribution in [0.2, 0.25) is 0 Å². The molecular formula is C13H25ClN2O2. The maximum absolute atomic E-state index is 11.9. The number of fused-ring (bicyclic) bond motifs is 1. The van der Waals surface area contributed by atoms with E-state index < -0.39 is 0 Å². The van der Waals surface area contributed by atoms with E-state index in [1.54, 1.807) is 0 Å². The van der Waals surface area contributed by atoms with Crippen molar-refractivity contribution in [2.75, 3.05) is 39.4 Å². The fourth-order valence-electron chi connectivity index (χ4n) is 2.76. The van der Waals surface area contributed by atoms with Gasteiger partial charge in [0.25, 0.3) is 0 Å². The predicted octanol–water partition coefficient (Wildman–Crippen LogP) is 1.29. The van der Waals surface area contributed by atoms with E-state index in [1.165, 1.54) is 12.8 Å². The van der Waals surface area contributed by atoms with Gasteiger partial charge < -0.3 is 15.0 Å². The molecule has 2 heterocycles. The van der Waals surface area contributed by atoms with Gasteiger partial charge in [0.2, 0.25) is 5.91 Å². The van der Waals surface area contributed by atoms with E-state index in [2.05, 4.69) is 12.2 Å². The van der Waals surface area contributed by atoms with Gasteiger partial charge >= 0.3 is 0 Å². The number of nitrogens with zero attached hydrogens (tertiary/aromatic N) is 1. The summed E-state index contributed by atoms with van der Waals surface area (Å²) in [4.78, 5) is 13.9. The van der Waals surface area contributed by atoms with Crippen molar-refractivity contribution in [3.8, 4) is 0 Å². The lowest BCUT2D eigenvalue weighted by Gasteiger charge is -2.17. The second-order valence-electron chi connectivity index (χ2n) is 5.24. The Morgan fingerprint density at radius 1 is 1.28 bits per heavy atom. The molecule has 0 unspecified atom stereocenters. The third-order valence-electron chi connectivity index (χ3n) is 3.86. The van der Waals surface area contributed by atoms with Gasteiger partial charge in [-0.3, -0.25) is 4.79 Å². The van der Waals surface area contributed by atoms with Gasteiger partial charge in [0.15, 0.2) is 0 Å². The van der Waals surface area contributed by atoms with E-state index in [4.69, 9.17) is 4.74 Å². The SMILES string of the molecule is CCCCCOCC(=O)N1C[C@H]2CNC[C@H]2C1.Cl. The zero-order valence-corrected chi connectivity index (χ0v) is 12.0. The van der Waals surface area contributed by atoms with Crippen molar-refractivity contribution in [1.29, 1.82) is 0 Å². The summed E-state index contributed by atoms with van der Waals surface area (Å²) in [5, 5.41) is 3.38. The minimum absolute atomic E-state index is 0. The number of halogens is 1. The number of likely N-dealkylation sites (tertiary alicyclic amines) is 1. The van der Waals surface area contributed by atoms with E-state index in [1.807, 2.05) is 4.90 Å². The maximum atomic E-state index is 11.9. The first kappa shape index (κ1) is 15.7. The van der Waals surface area contributed by atoms with Gasteiger partial charge in [-0.2, -0.15) is 0 Å². The Balaban J connectivity index is 0.00000162. The van der Waals surface area contributed by atoms with Crippen LogP contribution in [0.15, 0.2) is 0 Å². The summed E-state index contributed by atoms with van der Waals surface area (Å²) in [5.74, 6) is 1.54. The quantitative estimate of drug-likeness (QED) is 0.744. The smallest absolute Gasteiger partial charge is 0.248 e. The predicted molar refractivity (Wildman–Crippen MR) is 74.0 cm³/mol. The molecule has 2 atom stereocenters. The maximum Gasteiger partial charge on any atom is 0.248 e. The molecule has 0 bridgehead atoms. The van der Waals surface area contributed by atoms with Crippen LogP contribution in [0.1, 0.15) is 26.2 Å². The molecular weight excluding hydrogens is 252 g/mol. The topological polar surface area (TPSA) is 41.6 Å². The Bertz CT molecular complexity index is 251. The summed E-state index contributed by atoms with van der Waals surface area (Å²) in [5.41, 5.74) is 0. The minimum atomic E-state index is 0. The van der Waals surface area contributed by atoms with Crippen LogP contribution in [0.4, 0.5) is 0 Å². The largest absolute Gasteiger partial charge is 0.372 e. The summed E-state index contributed by atoms with van der Waals surface area (Å²) in [6.45, 7) is 7.17. The number of carbonyl (C=O) groups excluding carboxylic acids is 1. The molecule has 18 heavy (non-hydrogen) atoms. The fourth-order valence-corrected chi connectivity index (χ4v) is 2.76. The molecule has 106 valence electrons. The molecule has 0 saturated carbocycles. The van der Waals surface area contributed by atoms with Crippen LogP contribution in [0, 0.1) is 11.8 Å². The Labute approximate surface area is 116 Å². The number of amides is 1. The van der Waals surface area contributed by atoms with Crippen LogP contribution in [-0.2, 0) is 9.53 Å². The highest BCUT2D eigenvalue weighted by atomic mass is 35.5. The highest BCUT2D eigenvalue weighted by Gasteiger charge is 2.37. The first-order chi connectivity index (χ1) is 8.31. The fraction of sp³-hybridized carbons (Fsp3) is 0.923. The van der Waals surface area contributed by atoms with Crippen molar-refractivity contribution in [2.24, 2.45) is 11.8 Å². The molecule has 5 heteroatoms. The number of hydrogen-bond donors (Lipinski definition) is 1. The Hall–Kier alpha value is -0.320. The molecule has 0 aromatic rings. The lowest BCUT2D eigenvalue weighted by molar-refractivity contribution is -0.135. The number of carbonyl (C=O) groups is 1. The van der Waals surface area contributed by atoms with E-state index in [-0.39, 0.29) is 24.9 Å². The van der Waals surface area contributed by atoms with Crippen molar-refractivity contribution in [1.82, 2.24) is 10.2 Å². The van der Waals surface area contributed by atoms with Crippen molar-refractivity contribution in [2.45, 2.75) is 26.2 Å². The van der Waals surface area contributed by atoms with Gasteiger partial charge in [0, 0.05) is 32.8 Å². The lowest BCUT2D eigenvalue weighted by atomic mass is 10.0. The Morgan fingerprint density at radius 2 is 1.94 bits per heavy atom. The Kier molecular flexibility index (Phi) is 6.97. The normalized spacial score (nSPS) is 25.9. The molecule has 1 N–H and O–H groups in total. The number of unbranched alkanes of at least 4 members (excludes halogenated alkanes) is 2. The zero-order chi connectivity index (χ0) is 12.1. The molecule has 0 spiro atoms. The van der Waals surface area contributed by atoms with Gasteiger partial charge in [-0.05, 0) is 18.3 Å². The average molecular weight is 277 g/mol. The van der Waals surface area contributed by atoms with E-state index in [0.29, 0.717) is 11.8 Å². The molecule has 4 nitrogen and oxygen atoms in total. The van der Waals surface area contributed by atoms with E-state index >= 15 is 0 Å². The van der Waals surface area contributed by atoms with Crippen molar-refractivity contribution in [3.05, 3.63) is 0 Å². The van der Waals surface area contributed by atoms with Gasteiger partial charge in [-0.15, -0.1) is 12.4 Å². The standard InChI is InChI=1S/C13H24N2O2.ClH/c1-2-3-4-5-17-10-13(16)15-8-11-6-14-7-12(11)9-15;/h11-12,14H,2-10H2,1H3;1H/t11-,12+;. The summed E-state index contributed by atoms with van der Waals surface area (Å²) in [7, 11) is 0. The molecule has 2 saturated heterocycles. The van der Waals surface area contributed by atoms with Gasteiger partial charge in [0.05, 0.1) is 0 Å². The molecule has 2 aliphatic rings. The monoisotopic (exact) mass is 276 g/mol. The minimum Gasteiger partial charge on any atom is -0.372 e. The van der Waals surface area contributed by atoms with Crippen LogP contribution in [0.25, 0.3) is 0 Å². The summed E-state index contributed by atoms with van der Waals surface area (Å²) in [6.07, 6.45) is 3.45. The first-order valence-corrected chi connectivity index (χ1v) is 6.87. The second kappa shape index (κ2) is 7.97. The molecule has 2 aliphatic heterocycles. The highest BCUT2D eigenvalue weighted by Crippen LogP contribution is 2.26. The van der Waals surface area contributed by atoms with Crippen molar-refractivity contribution >= 4 is 18.3 Å². The van der Waals surface area contributed by atoms with E-state index in [9.17, 15) is 4.79 Å². The van der Waals surface area contributed by atoms with E-state index in [0.717, 1.165) is 39.2 Å². The molecule has 0 aromatic heterocycles. The zero-order valence-electron chi connectivity index (χ0n) is 11.2. The molecule has 0 radical (unpaired) electrons. The molecule has 2 fully saturated rings. The molecule has 1 amide bonds. The lowest BCUT2D eigenvalue weighted by Crippen LogP contribution is -2.34.